The first kappa shape index (κ1) is 24.5. The zero-order valence-electron chi connectivity index (χ0n) is 20.2. The Kier molecular flexibility index (Phi) is 7.11. The number of morpholine rings is 1. The number of ether oxygens (including phenoxy) is 3. The van der Waals surface area contributed by atoms with Gasteiger partial charge < -0.3 is 19.5 Å². The summed E-state index contributed by atoms with van der Waals surface area (Å²) in [6.07, 6.45) is 3.88. The van der Waals surface area contributed by atoms with E-state index in [0.29, 0.717) is 54.0 Å². The molecule has 190 valence electrons. The molecular formula is C26H28ClFN4O4. The van der Waals surface area contributed by atoms with Gasteiger partial charge in [-0.2, -0.15) is 0 Å². The molecule has 2 atom stereocenters. The summed E-state index contributed by atoms with van der Waals surface area (Å²) in [5.41, 5.74) is 1.25. The average molecular weight is 515 g/mol. The van der Waals surface area contributed by atoms with Crippen LogP contribution in [0.25, 0.3) is 10.9 Å². The molecule has 2 fully saturated rings. The zero-order valence-corrected chi connectivity index (χ0v) is 20.9. The number of hydrogen-bond acceptors (Lipinski definition) is 8. The molecule has 2 aromatic carbocycles. The molecular weight excluding hydrogens is 487 g/mol. The maximum atomic E-state index is 13.6. The fourth-order valence-electron chi connectivity index (χ4n) is 4.21. The summed E-state index contributed by atoms with van der Waals surface area (Å²) < 4.78 is 31.5. The van der Waals surface area contributed by atoms with E-state index in [2.05, 4.69) is 15.3 Å². The van der Waals surface area contributed by atoms with Crippen LogP contribution in [0.4, 0.5) is 15.9 Å². The second-order valence-electron chi connectivity index (χ2n) is 9.26. The summed E-state index contributed by atoms with van der Waals surface area (Å²) in [5.74, 6) is 1.45. The van der Waals surface area contributed by atoms with Crippen LogP contribution in [0.2, 0.25) is 5.02 Å². The first-order valence-corrected chi connectivity index (χ1v) is 12.5. The molecule has 1 saturated carbocycles. The first-order valence-electron chi connectivity index (χ1n) is 12.1. The molecule has 1 aliphatic heterocycles. The van der Waals surface area contributed by atoms with Crippen LogP contribution in [0.15, 0.2) is 36.7 Å². The molecule has 1 saturated heterocycles. The molecule has 5 rings (SSSR count). The number of halogens is 2. The van der Waals surface area contributed by atoms with Crippen molar-refractivity contribution in [1.82, 2.24) is 14.9 Å². The quantitative estimate of drug-likeness (QED) is 0.384. The SMILES string of the molecule is CCC(Oc1cc2ncnc(Nc3ccc(F)c(Cl)c3)c2cc1OCC1CC1)N1CC(=O)OC(C)C1. The summed E-state index contributed by atoms with van der Waals surface area (Å²) in [4.78, 5) is 22.8. The minimum absolute atomic E-state index is 0.0176. The van der Waals surface area contributed by atoms with Crippen molar-refractivity contribution < 1.29 is 23.4 Å². The van der Waals surface area contributed by atoms with Crippen LogP contribution in [0, 0.1) is 11.7 Å². The predicted molar refractivity (Wildman–Crippen MR) is 134 cm³/mol. The highest BCUT2D eigenvalue weighted by atomic mass is 35.5. The van der Waals surface area contributed by atoms with Gasteiger partial charge in [0.1, 0.15) is 24.1 Å². The van der Waals surface area contributed by atoms with Crippen LogP contribution in [-0.2, 0) is 9.53 Å². The number of anilines is 2. The van der Waals surface area contributed by atoms with Crippen molar-refractivity contribution in [2.24, 2.45) is 5.92 Å². The van der Waals surface area contributed by atoms with Gasteiger partial charge in [-0.3, -0.25) is 9.69 Å². The minimum Gasteiger partial charge on any atom is -0.489 e. The third-order valence-corrected chi connectivity index (χ3v) is 6.52. The van der Waals surface area contributed by atoms with E-state index in [-0.39, 0.29) is 29.9 Å². The van der Waals surface area contributed by atoms with Gasteiger partial charge in [0.05, 0.1) is 23.7 Å². The van der Waals surface area contributed by atoms with Crippen molar-refractivity contribution in [2.75, 3.05) is 25.0 Å². The van der Waals surface area contributed by atoms with Gasteiger partial charge in [-0.1, -0.05) is 18.5 Å². The number of nitrogens with zero attached hydrogens (tertiary/aromatic N) is 3. The highest BCUT2D eigenvalue weighted by Crippen LogP contribution is 2.38. The second kappa shape index (κ2) is 10.4. The highest BCUT2D eigenvalue weighted by Gasteiger charge is 2.30. The molecule has 1 aliphatic carbocycles. The largest absolute Gasteiger partial charge is 0.489 e. The van der Waals surface area contributed by atoms with Gasteiger partial charge in [0.25, 0.3) is 0 Å². The van der Waals surface area contributed by atoms with E-state index in [1.165, 1.54) is 18.5 Å². The Balaban J connectivity index is 1.47. The van der Waals surface area contributed by atoms with Crippen molar-refractivity contribution in [3.63, 3.8) is 0 Å². The molecule has 36 heavy (non-hydrogen) atoms. The fraction of sp³-hybridized carbons (Fsp3) is 0.423. The molecule has 0 radical (unpaired) electrons. The number of hydrogen-bond donors (Lipinski definition) is 1. The summed E-state index contributed by atoms with van der Waals surface area (Å²) in [7, 11) is 0. The molecule has 0 amide bonds. The molecule has 2 aliphatic rings. The lowest BCUT2D eigenvalue weighted by Crippen LogP contribution is -2.50. The van der Waals surface area contributed by atoms with E-state index < -0.39 is 5.82 Å². The number of esters is 1. The predicted octanol–water partition coefficient (Wildman–Crippen LogP) is 5.32. The van der Waals surface area contributed by atoms with Gasteiger partial charge in [-0.05, 0) is 56.4 Å². The highest BCUT2D eigenvalue weighted by molar-refractivity contribution is 6.31. The Hall–Kier alpha value is -3.17. The summed E-state index contributed by atoms with van der Waals surface area (Å²) in [6, 6.07) is 8.08. The van der Waals surface area contributed by atoms with Crippen LogP contribution in [0.5, 0.6) is 11.5 Å². The number of benzene rings is 2. The van der Waals surface area contributed by atoms with E-state index in [1.807, 2.05) is 30.9 Å². The van der Waals surface area contributed by atoms with Gasteiger partial charge in [0.2, 0.25) is 0 Å². The number of aromatic nitrogens is 2. The van der Waals surface area contributed by atoms with Crippen molar-refractivity contribution in [1.29, 1.82) is 0 Å². The lowest BCUT2D eigenvalue weighted by molar-refractivity contribution is -0.163. The molecule has 10 heteroatoms. The number of rotatable bonds is 9. The number of nitrogens with one attached hydrogen (secondary N) is 1. The summed E-state index contributed by atoms with van der Waals surface area (Å²) in [6.45, 7) is 5.24. The number of fused-ring (bicyclic) bond motifs is 1. The minimum atomic E-state index is -0.492. The van der Waals surface area contributed by atoms with E-state index in [0.717, 1.165) is 18.2 Å². The van der Waals surface area contributed by atoms with E-state index in [4.69, 9.17) is 25.8 Å². The molecule has 0 bridgehead atoms. The monoisotopic (exact) mass is 514 g/mol. The van der Waals surface area contributed by atoms with E-state index in [9.17, 15) is 9.18 Å². The first-order chi connectivity index (χ1) is 17.4. The van der Waals surface area contributed by atoms with Crippen LogP contribution in [0.1, 0.15) is 33.1 Å². The Morgan fingerprint density at radius 3 is 2.81 bits per heavy atom. The maximum Gasteiger partial charge on any atom is 0.320 e. The lowest BCUT2D eigenvalue weighted by Gasteiger charge is -2.36. The van der Waals surface area contributed by atoms with Crippen LogP contribution < -0.4 is 14.8 Å². The number of carbonyl (C=O) groups excluding carboxylic acids is 1. The average Bonchev–Trinajstić information content (AvgIpc) is 3.67. The molecule has 3 aromatic rings. The Labute approximate surface area is 213 Å². The zero-order chi connectivity index (χ0) is 25.2. The maximum absolute atomic E-state index is 13.6. The van der Waals surface area contributed by atoms with Crippen LogP contribution >= 0.6 is 11.6 Å². The number of cyclic esters (lactones) is 1. The summed E-state index contributed by atoms with van der Waals surface area (Å²) in [5, 5.41) is 3.93. The topological polar surface area (TPSA) is 85.8 Å². The Bertz CT molecular complexity index is 1270. The Morgan fingerprint density at radius 2 is 2.08 bits per heavy atom. The van der Waals surface area contributed by atoms with Crippen LogP contribution in [0.3, 0.4) is 0 Å². The number of carbonyl (C=O) groups is 1. The van der Waals surface area contributed by atoms with Crippen molar-refractivity contribution >= 4 is 40.0 Å². The van der Waals surface area contributed by atoms with Gasteiger partial charge in [0.15, 0.2) is 17.7 Å². The summed E-state index contributed by atoms with van der Waals surface area (Å²) >= 11 is 5.95. The van der Waals surface area contributed by atoms with Gasteiger partial charge >= 0.3 is 5.97 Å². The van der Waals surface area contributed by atoms with E-state index >= 15 is 0 Å². The van der Waals surface area contributed by atoms with Gasteiger partial charge in [-0.15, -0.1) is 0 Å². The molecule has 8 nitrogen and oxygen atoms in total. The standard InChI is InChI=1S/C26H28ClFN4O4/c1-3-24(32-11-15(2)35-25(33)12-32)36-23-10-21-18(9-22(23)34-13-16-4-5-16)26(30-14-29-21)31-17-6-7-20(28)19(27)8-17/h6-10,14-16,24H,3-5,11-13H2,1-2H3,(H,29,30,31). The van der Waals surface area contributed by atoms with Crippen LogP contribution in [-0.4, -0.2) is 52.9 Å². The molecule has 2 heterocycles. The third-order valence-electron chi connectivity index (χ3n) is 6.23. The van der Waals surface area contributed by atoms with Crippen molar-refractivity contribution in [2.45, 2.75) is 45.4 Å². The van der Waals surface area contributed by atoms with Crippen molar-refractivity contribution in [3.8, 4) is 11.5 Å². The normalized spacial score (nSPS) is 19.1. The second-order valence-corrected chi connectivity index (χ2v) is 9.66. The fourth-order valence-corrected chi connectivity index (χ4v) is 4.39. The molecule has 0 spiro atoms. The van der Waals surface area contributed by atoms with Gasteiger partial charge in [0, 0.05) is 23.7 Å². The molecule has 2 unspecified atom stereocenters. The third kappa shape index (κ3) is 5.63. The van der Waals surface area contributed by atoms with E-state index in [1.54, 1.807) is 6.07 Å². The lowest BCUT2D eigenvalue weighted by atomic mass is 10.2. The smallest absolute Gasteiger partial charge is 0.320 e. The van der Waals surface area contributed by atoms with Crippen molar-refractivity contribution in [3.05, 3.63) is 47.5 Å². The van der Waals surface area contributed by atoms with Gasteiger partial charge in [-0.25, -0.2) is 14.4 Å². The molecule has 1 aromatic heterocycles. The molecule has 1 N–H and O–H groups in total. The Morgan fingerprint density at radius 1 is 1.25 bits per heavy atom.